The number of aromatic carboxylic acids is 1. The lowest BCUT2D eigenvalue weighted by Crippen LogP contribution is -2.11. The van der Waals surface area contributed by atoms with E-state index in [9.17, 15) is 9.59 Å². The third kappa shape index (κ3) is 3.50. The van der Waals surface area contributed by atoms with Crippen LogP contribution in [0.2, 0.25) is 0 Å². The molecule has 0 spiro atoms. The number of carboxylic acid groups (broad SMARTS) is 1. The fourth-order valence-electron chi connectivity index (χ4n) is 2.44. The highest BCUT2D eigenvalue weighted by Gasteiger charge is 2.10. The topological polar surface area (TPSA) is 66.4 Å². The molecule has 24 heavy (non-hydrogen) atoms. The second kappa shape index (κ2) is 6.79. The Morgan fingerprint density at radius 2 is 1.58 bits per heavy atom. The van der Waals surface area contributed by atoms with Gasteiger partial charge in [-0.15, -0.1) is 0 Å². The molecule has 0 aliphatic carbocycles. The van der Waals surface area contributed by atoms with E-state index in [4.69, 9.17) is 5.11 Å². The lowest BCUT2D eigenvalue weighted by atomic mass is 10.1. The van der Waals surface area contributed by atoms with Crippen LogP contribution in [0.25, 0.3) is 16.8 Å². The first kappa shape index (κ1) is 15.5. The molecule has 118 valence electrons. The molecule has 0 saturated carbocycles. The zero-order valence-corrected chi connectivity index (χ0v) is 12.8. The molecule has 1 amide bonds. The van der Waals surface area contributed by atoms with Gasteiger partial charge in [0.2, 0.25) is 5.91 Å². The molecule has 2 N–H and O–H groups in total. The molecule has 3 aromatic carbocycles. The summed E-state index contributed by atoms with van der Waals surface area (Å²) in [7, 11) is 0. The van der Waals surface area contributed by atoms with E-state index in [-0.39, 0.29) is 17.2 Å². The standard InChI is InChI=1S/C20H15NO3/c22-19(21-18-8-4-3-7-17(18)20(23)24)12-10-14-9-11-15-5-1-2-6-16(15)13-14/h1-13H,(H,21,22)(H,23,24). The number of benzene rings is 3. The Morgan fingerprint density at radius 3 is 2.38 bits per heavy atom. The number of fused-ring (bicyclic) bond motifs is 1. The second-order valence-corrected chi connectivity index (χ2v) is 5.28. The third-order valence-electron chi connectivity index (χ3n) is 3.62. The second-order valence-electron chi connectivity index (χ2n) is 5.28. The highest BCUT2D eigenvalue weighted by molar-refractivity contribution is 6.06. The number of nitrogens with one attached hydrogen (secondary N) is 1. The van der Waals surface area contributed by atoms with Crippen LogP contribution in [0.5, 0.6) is 0 Å². The average molecular weight is 317 g/mol. The molecule has 0 atom stereocenters. The summed E-state index contributed by atoms with van der Waals surface area (Å²) in [5.74, 6) is -1.46. The Labute approximate surface area is 139 Å². The molecule has 0 heterocycles. The van der Waals surface area contributed by atoms with Crippen molar-refractivity contribution in [1.29, 1.82) is 0 Å². The zero-order chi connectivity index (χ0) is 16.9. The monoisotopic (exact) mass is 317 g/mol. The average Bonchev–Trinajstić information content (AvgIpc) is 2.60. The maximum Gasteiger partial charge on any atom is 0.337 e. The first-order chi connectivity index (χ1) is 11.6. The Hall–Kier alpha value is -3.40. The van der Waals surface area contributed by atoms with Gasteiger partial charge in [0.05, 0.1) is 11.3 Å². The van der Waals surface area contributed by atoms with Gasteiger partial charge in [0.15, 0.2) is 0 Å². The molecular weight excluding hydrogens is 302 g/mol. The van der Waals surface area contributed by atoms with Crippen molar-refractivity contribution < 1.29 is 14.7 Å². The van der Waals surface area contributed by atoms with E-state index < -0.39 is 5.97 Å². The van der Waals surface area contributed by atoms with Gasteiger partial charge in [-0.2, -0.15) is 0 Å². The van der Waals surface area contributed by atoms with Crippen LogP contribution in [0.3, 0.4) is 0 Å². The number of carbonyl (C=O) groups excluding carboxylic acids is 1. The lowest BCUT2D eigenvalue weighted by Gasteiger charge is -2.05. The summed E-state index contributed by atoms with van der Waals surface area (Å²) in [6.07, 6.45) is 3.09. The number of hydrogen-bond acceptors (Lipinski definition) is 2. The quantitative estimate of drug-likeness (QED) is 0.709. The molecule has 0 aliphatic rings. The maximum absolute atomic E-state index is 12.0. The smallest absolute Gasteiger partial charge is 0.337 e. The van der Waals surface area contributed by atoms with Crippen LogP contribution in [-0.2, 0) is 4.79 Å². The molecule has 0 fully saturated rings. The van der Waals surface area contributed by atoms with Gasteiger partial charge in [-0.3, -0.25) is 4.79 Å². The highest BCUT2D eigenvalue weighted by Crippen LogP contribution is 2.17. The van der Waals surface area contributed by atoms with Gasteiger partial charge in [-0.05, 0) is 40.6 Å². The van der Waals surface area contributed by atoms with Crippen LogP contribution in [0.1, 0.15) is 15.9 Å². The van der Waals surface area contributed by atoms with Gasteiger partial charge in [0, 0.05) is 6.08 Å². The fraction of sp³-hybridized carbons (Fsp3) is 0. The van der Waals surface area contributed by atoms with Crippen LogP contribution in [0.4, 0.5) is 5.69 Å². The molecule has 0 aliphatic heterocycles. The summed E-state index contributed by atoms with van der Waals surface area (Å²) in [6, 6.07) is 20.2. The minimum atomic E-state index is -1.08. The summed E-state index contributed by atoms with van der Waals surface area (Å²) in [5.41, 5.74) is 1.23. The van der Waals surface area contributed by atoms with Crippen molar-refractivity contribution >= 4 is 34.4 Å². The zero-order valence-electron chi connectivity index (χ0n) is 12.8. The summed E-state index contributed by atoms with van der Waals surface area (Å²) < 4.78 is 0. The number of rotatable bonds is 4. The predicted octanol–water partition coefficient (Wildman–Crippen LogP) is 4.19. The van der Waals surface area contributed by atoms with Crippen molar-refractivity contribution in [2.45, 2.75) is 0 Å². The van der Waals surface area contributed by atoms with Crippen LogP contribution in [0.15, 0.2) is 72.8 Å². The minimum absolute atomic E-state index is 0.0601. The molecular formula is C20H15NO3. The van der Waals surface area contributed by atoms with Crippen LogP contribution < -0.4 is 5.32 Å². The molecule has 3 rings (SSSR count). The largest absolute Gasteiger partial charge is 0.478 e. The number of carbonyl (C=O) groups is 2. The van der Waals surface area contributed by atoms with Crippen LogP contribution in [-0.4, -0.2) is 17.0 Å². The Balaban J connectivity index is 1.76. The maximum atomic E-state index is 12.0. The first-order valence-corrected chi connectivity index (χ1v) is 7.44. The Bertz CT molecular complexity index is 944. The van der Waals surface area contributed by atoms with E-state index in [1.165, 1.54) is 12.1 Å². The summed E-state index contributed by atoms with van der Waals surface area (Å²) >= 11 is 0. The van der Waals surface area contributed by atoms with Crippen LogP contribution >= 0.6 is 0 Å². The van der Waals surface area contributed by atoms with Crippen molar-refractivity contribution in [1.82, 2.24) is 0 Å². The molecule has 3 aromatic rings. The van der Waals surface area contributed by atoms with Gasteiger partial charge in [0.1, 0.15) is 0 Å². The van der Waals surface area contributed by atoms with Gasteiger partial charge in [-0.25, -0.2) is 4.79 Å². The first-order valence-electron chi connectivity index (χ1n) is 7.44. The normalized spacial score (nSPS) is 10.8. The minimum Gasteiger partial charge on any atom is -0.478 e. The molecule has 0 saturated heterocycles. The fourth-order valence-corrected chi connectivity index (χ4v) is 2.44. The lowest BCUT2D eigenvalue weighted by molar-refractivity contribution is -0.111. The number of hydrogen-bond donors (Lipinski definition) is 2. The number of para-hydroxylation sites is 1. The van der Waals surface area contributed by atoms with Crippen LogP contribution in [0, 0.1) is 0 Å². The predicted molar refractivity (Wildman–Crippen MR) is 95.0 cm³/mol. The van der Waals surface area contributed by atoms with E-state index in [1.54, 1.807) is 24.3 Å². The SMILES string of the molecule is O=C(C=Cc1ccc2ccccc2c1)Nc1ccccc1C(=O)O. The Kier molecular flexibility index (Phi) is 4.38. The van der Waals surface area contributed by atoms with Crippen molar-refractivity contribution in [3.63, 3.8) is 0 Å². The number of anilines is 1. The summed E-state index contributed by atoms with van der Waals surface area (Å²) in [4.78, 5) is 23.2. The Morgan fingerprint density at radius 1 is 0.875 bits per heavy atom. The third-order valence-corrected chi connectivity index (χ3v) is 3.62. The summed E-state index contributed by atoms with van der Waals surface area (Å²) in [6.45, 7) is 0. The van der Waals surface area contributed by atoms with Gasteiger partial charge >= 0.3 is 5.97 Å². The van der Waals surface area contributed by atoms with E-state index in [0.717, 1.165) is 16.3 Å². The molecule has 4 heteroatoms. The van der Waals surface area contributed by atoms with Crippen molar-refractivity contribution in [3.8, 4) is 0 Å². The molecule has 4 nitrogen and oxygen atoms in total. The van der Waals surface area contributed by atoms with E-state index in [2.05, 4.69) is 5.32 Å². The van der Waals surface area contributed by atoms with Crippen molar-refractivity contribution in [3.05, 3.63) is 83.9 Å². The molecule has 0 radical (unpaired) electrons. The van der Waals surface area contributed by atoms with E-state index >= 15 is 0 Å². The van der Waals surface area contributed by atoms with Gasteiger partial charge in [-0.1, -0.05) is 48.5 Å². The van der Waals surface area contributed by atoms with Crippen molar-refractivity contribution in [2.75, 3.05) is 5.32 Å². The highest BCUT2D eigenvalue weighted by atomic mass is 16.4. The van der Waals surface area contributed by atoms with Gasteiger partial charge in [0.25, 0.3) is 0 Å². The van der Waals surface area contributed by atoms with Crippen molar-refractivity contribution in [2.24, 2.45) is 0 Å². The molecule has 0 aromatic heterocycles. The van der Waals surface area contributed by atoms with E-state index in [1.807, 2.05) is 42.5 Å². The number of amides is 1. The van der Waals surface area contributed by atoms with E-state index in [0.29, 0.717) is 0 Å². The molecule has 0 unspecified atom stereocenters. The summed E-state index contributed by atoms with van der Waals surface area (Å²) in [5, 5.41) is 13.9. The molecule has 0 bridgehead atoms. The van der Waals surface area contributed by atoms with Gasteiger partial charge < -0.3 is 10.4 Å². The number of carboxylic acids is 1.